The zero-order valence-electron chi connectivity index (χ0n) is 6.16. The molecule has 5 heteroatoms. The summed E-state index contributed by atoms with van der Waals surface area (Å²) in [6, 6.07) is 0. The van der Waals surface area contributed by atoms with E-state index < -0.39 is 6.10 Å². The van der Waals surface area contributed by atoms with Gasteiger partial charge in [-0.15, -0.1) is 0 Å². The van der Waals surface area contributed by atoms with Crippen molar-refractivity contribution in [2.75, 3.05) is 26.3 Å². The van der Waals surface area contributed by atoms with Crippen LogP contribution in [-0.2, 0) is 4.84 Å². The van der Waals surface area contributed by atoms with Gasteiger partial charge in [-0.1, -0.05) is 5.16 Å². The molecule has 0 radical (unpaired) electrons. The monoisotopic (exact) mass is 160 g/mol. The van der Waals surface area contributed by atoms with Crippen molar-refractivity contribution in [1.29, 1.82) is 0 Å². The molecule has 3 N–H and O–H groups in total. The van der Waals surface area contributed by atoms with Gasteiger partial charge in [0.25, 0.3) is 0 Å². The number of aliphatic hydroxyl groups excluding tert-OH is 2. The van der Waals surface area contributed by atoms with Crippen LogP contribution in [0.15, 0.2) is 5.16 Å². The molecule has 0 aliphatic carbocycles. The lowest BCUT2D eigenvalue weighted by Crippen LogP contribution is -2.42. The first-order valence-corrected chi connectivity index (χ1v) is 3.50. The molecule has 1 heterocycles. The van der Waals surface area contributed by atoms with Crippen LogP contribution in [0.2, 0.25) is 0 Å². The highest BCUT2D eigenvalue weighted by Gasteiger charge is 2.09. The Morgan fingerprint density at radius 2 is 2.36 bits per heavy atom. The van der Waals surface area contributed by atoms with E-state index in [0.29, 0.717) is 0 Å². The molecule has 0 amide bonds. The third-order valence-corrected chi connectivity index (χ3v) is 1.33. The van der Waals surface area contributed by atoms with E-state index in [1.807, 2.05) is 0 Å². The highest BCUT2D eigenvalue weighted by molar-refractivity contribution is 5.92. The third kappa shape index (κ3) is 2.83. The molecule has 1 atom stereocenters. The van der Waals surface area contributed by atoms with Gasteiger partial charge in [0, 0.05) is 13.1 Å². The number of aliphatic hydroxyl groups is 2. The molecule has 1 unspecified atom stereocenters. The van der Waals surface area contributed by atoms with Crippen molar-refractivity contribution in [3.63, 3.8) is 0 Å². The summed E-state index contributed by atoms with van der Waals surface area (Å²) < 4.78 is 0. The molecule has 1 fully saturated rings. The van der Waals surface area contributed by atoms with Gasteiger partial charge in [0.1, 0.15) is 12.7 Å². The molecule has 5 nitrogen and oxygen atoms in total. The van der Waals surface area contributed by atoms with E-state index in [1.54, 1.807) is 0 Å². The van der Waals surface area contributed by atoms with E-state index in [2.05, 4.69) is 10.5 Å². The van der Waals surface area contributed by atoms with Gasteiger partial charge in [-0.05, 0) is 0 Å². The molecule has 0 aromatic carbocycles. The minimum absolute atomic E-state index is 0.0556. The molecule has 1 aliphatic rings. The summed E-state index contributed by atoms with van der Waals surface area (Å²) in [5.74, 6) is 0. The Hall–Kier alpha value is -0.650. The molecule has 0 aromatic rings. The van der Waals surface area contributed by atoms with Crippen LogP contribution in [0.3, 0.4) is 0 Å². The number of nitrogens with zero attached hydrogens (tertiary/aromatic N) is 1. The third-order valence-electron chi connectivity index (χ3n) is 1.33. The van der Waals surface area contributed by atoms with Gasteiger partial charge in [-0.3, -0.25) is 0 Å². The summed E-state index contributed by atoms with van der Waals surface area (Å²) >= 11 is 0. The standard InChI is InChI=1S/C6H12N2O3/c9-3-6(10)4-11-8-5-1-7-2-5/h6-7,9-10H,1-4H2. The SMILES string of the molecule is OCC(O)CON=C1CNC1. The van der Waals surface area contributed by atoms with Crippen LogP contribution in [0.5, 0.6) is 0 Å². The minimum atomic E-state index is -0.826. The maximum atomic E-state index is 8.80. The molecule has 0 spiro atoms. The zero-order chi connectivity index (χ0) is 8.10. The van der Waals surface area contributed by atoms with Crippen LogP contribution in [0.1, 0.15) is 0 Å². The summed E-state index contributed by atoms with van der Waals surface area (Å²) in [5.41, 5.74) is 0.940. The molecular weight excluding hydrogens is 148 g/mol. The van der Waals surface area contributed by atoms with Crippen LogP contribution < -0.4 is 5.32 Å². The Morgan fingerprint density at radius 1 is 1.64 bits per heavy atom. The summed E-state index contributed by atoms with van der Waals surface area (Å²) in [4.78, 5) is 4.73. The van der Waals surface area contributed by atoms with Gasteiger partial charge in [0.2, 0.25) is 0 Å². The van der Waals surface area contributed by atoms with Gasteiger partial charge in [-0.2, -0.15) is 0 Å². The minimum Gasteiger partial charge on any atom is -0.394 e. The smallest absolute Gasteiger partial charge is 0.145 e. The fourth-order valence-corrected chi connectivity index (χ4v) is 0.569. The van der Waals surface area contributed by atoms with Crippen LogP contribution >= 0.6 is 0 Å². The lowest BCUT2D eigenvalue weighted by atomic mass is 10.2. The normalized spacial score (nSPS) is 18.9. The Bertz CT molecular complexity index is 143. The molecule has 1 rings (SSSR count). The average Bonchev–Trinajstić information content (AvgIpc) is 1.94. The van der Waals surface area contributed by atoms with Gasteiger partial charge >= 0.3 is 0 Å². The first-order chi connectivity index (χ1) is 5.33. The maximum Gasteiger partial charge on any atom is 0.145 e. The van der Waals surface area contributed by atoms with Gasteiger partial charge in [0.05, 0.1) is 12.3 Å². The van der Waals surface area contributed by atoms with E-state index in [9.17, 15) is 0 Å². The summed E-state index contributed by atoms with van der Waals surface area (Å²) in [5, 5.41) is 23.9. The van der Waals surface area contributed by atoms with E-state index in [4.69, 9.17) is 15.1 Å². The van der Waals surface area contributed by atoms with Gasteiger partial charge in [0.15, 0.2) is 0 Å². The summed E-state index contributed by atoms with van der Waals surface area (Å²) in [6.07, 6.45) is -0.826. The van der Waals surface area contributed by atoms with Crippen LogP contribution in [0, 0.1) is 0 Å². The van der Waals surface area contributed by atoms with E-state index in [-0.39, 0.29) is 13.2 Å². The van der Waals surface area contributed by atoms with E-state index in [1.165, 1.54) is 0 Å². The summed E-state index contributed by atoms with van der Waals surface area (Å²) in [6.45, 7) is 1.29. The zero-order valence-corrected chi connectivity index (χ0v) is 6.16. The summed E-state index contributed by atoms with van der Waals surface area (Å²) in [7, 11) is 0. The Labute approximate surface area is 64.7 Å². The molecule has 0 aromatic heterocycles. The molecule has 1 aliphatic heterocycles. The van der Waals surface area contributed by atoms with Crippen molar-refractivity contribution < 1.29 is 15.1 Å². The van der Waals surface area contributed by atoms with Crippen LogP contribution in [0.25, 0.3) is 0 Å². The van der Waals surface area contributed by atoms with Crippen molar-refractivity contribution in [1.82, 2.24) is 5.32 Å². The first-order valence-electron chi connectivity index (χ1n) is 3.50. The van der Waals surface area contributed by atoms with Crippen LogP contribution in [0.4, 0.5) is 0 Å². The highest BCUT2D eigenvalue weighted by Crippen LogP contribution is 1.90. The number of hydrogen-bond donors (Lipinski definition) is 3. The van der Waals surface area contributed by atoms with Crippen LogP contribution in [-0.4, -0.2) is 48.3 Å². The second-order valence-electron chi connectivity index (χ2n) is 2.39. The lowest BCUT2D eigenvalue weighted by molar-refractivity contribution is 0.00777. The van der Waals surface area contributed by atoms with Crippen molar-refractivity contribution in [2.24, 2.45) is 5.16 Å². The predicted molar refractivity (Wildman–Crippen MR) is 39.3 cm³/mol. The Kier molecular flexibility index (Phi) is 3.28. The quantitative estimate of drug-likeness (QED) is 0.429. The average molecular weight is 160 g/mol. The Morgan fingerprint density at radius 3 is 2.82 bits per heavy atom. The molecule has 1 saturated heterocycles. The number of hydrogen-bond acceptors (Lipinski definition) is 5. The largest absolute Gasteiger partial charge is 0.394 e. The molecule has 0 bridgehead atoms. The Balaban J connectivity index is 2.03. The lowest BCUT2D eigenvalue weighted by Gasteiger charge is -2.16. The number of oxime groups is 1. The van der Waals surface area contributed by atoms with Crippen molar-refractivity contribution in [3.8, 4) is 0 Å². The highest BCUT2D eigenvalue weighted by atomic mass is 16.6. The first kappa shape index (κ1) is 8.45. The number of nitrogens with one attached hydrogen (secondary N) is 1. The molecule has 64 valence electrons. The van der Waals surface area contributed by atoms with E-state index >= 15 is 0 Å². The molecule has 0 saturated carbocycles. The van der Waals surface area contributed by atoms with Crippen molar-refractivity contribution in [3.05, 3.63) is 0 Å². The topological polar surface area (TPSA) is 74.1 Å². The fraction of sp³-hybridized carbons (Fsp3) is 0.833. The molecular formula is C6H12N2O3. The maximum absolute atomic E-state index is 8.80. The second-order valence-corrected chi connectivity index (χ2v) is 2.39. The fourth-order valence-electron chi connectivity index (χ4n) is 0.569. The van der Waals surface area contributed by atoms with E-state index in [0.717, 1.165) is 18.8 Å². The van der Waals surface area contributed by atoms with Gasteiger partial charge in [-0.25, -0.2) is 0 Å². The van der Waals surface area contributed by atoms with Gasteiger partial charge < -0.3 is 20.4 Å². The molecule has 11 heavy (non-hydrogen) atoms. The number of rotatable bonds is 4. The van der Waals surface area contributed by atoms with Crippen molar-refractivity contribution >= 4 is 5.71 Å². The second kappa shape index (κ2) is 4.27. The predicted octanol–water partition coefficient (Wildman–Crippen LogP) is -1.68. The van der Waals surface area contributed by atoms with Crippen molar-refractivity contribution in [2.45, 2.75) is 6.10 Å².